The molecular weight excluding hydrogens is 328 g/mol. The van der Waals surface area contributed by atoms with Gasteiger partial charge in [0.05, 0.1) is 13.2 Å². The minimum absolute atomic E-state index is 0.0197. The van der Waals surface area contributed by atoms with Crippen molar-refractivity contribution in [2.75, 3.05) is 26.9 Å². The molecule has 0 spiro atoms. The van der Waals surface area contributed by atoms with Crippen LogP contribution < -0.4 is 5.32 Å². The molecule has 3 rings (SSSR count). The van der Waals surface area contributed by atoms with Crippen LogP contribution in [-0.4, -0.2) is 82.5 Å². The molecule has 2 fully saturated rings. The number of aliphatic hydroxyl groups is 1. The first-order chi connectivity index (χ1) is 12.0. The molecular formula is C16H28N4O5. The number of carbonyl (C=O) groups excluding carboxylic acids is 1. The number of fused-ring (bicyclic) bond motifs is 1. The van der Waals surface area contributed by atoms with E-state index in [-0.39, 0.29) is 12.7 Å². The van der Waals surface area contributed by atoms with Crippen molar-refractivity contribution < 1.29 is 24.6 Å². The highest BCUT2D eigenvalue weighted by atomic mass is 16.5. The van der Waals surface area contributed by atoms with Gasteiger partial charge in [-0.15, -0.1) is 5.06 Å². The highest BCUT2D eigenvalue weighted by Crippen LogP contribution is 2.50. The van der Waals surface area contributed by atoms with Gasteiger partial charge in [0.1, 0.15) is 18.4 Å². The number of nitrogens with zero attached hydrogens (tertiary/aromatic N) is 3. The van der Waals surface area contributed by atoms with E-state index in [1.54, 1.807) is 4.90 Å². The number of hydrogen-bond acceptors (Lipinski definition) is 7. The van der Waals surface area contributed by atoms with Crippen LogP contribution in [0.25, 0.3) is 0 Å². The number of nitrogens with one attached hydrogen (secondary N) is 1. The normalized spacial score (nSPS) is 36.8. The van der Waals surface area contributed by atoms with E-state index in [9.17, 15) is 15.1 Å². The van der Waals surface area contributed by atoms with Crippen LogP contribution in [-0.2, 0) is 9.47 Å². The Kier molecular flexibility index (Phi) is 4.93. The first-order valence-corrected chi connectivity index (χ1v) is 8.94. The van der Waals surface area contributed by atoms with Gasteiger partial charge >= 0.3 is 6.03 Å². The van der Waals surface area contributed by atoms with Gasteiger partial charge in [0.15, 0.2) is 5.54 Å². The molecule has 2 amide bonds. The minimum atomic E-state index is -1.23. The van der Waals surface area contributed by atoms with E-state index in [2.05, 4.69) is 10.3 Å². The summed E-state index contributed by atoms with van der Waals surface area (Å²) in [4.78, 5) is 18.8. The number of amides is 2. The Balaban J connectivity index is 2.26. The summed E-state index contributed by atoms with van der Waals surface area (Å²) in [6.07, 6.45) is 0.814. The number of aliphatic imine (C=N–C) groups is 1. The van der Waals surface area contributed by atoms with Crippen LogP contribution in [0.3, 0.4) is 0 Å². The van der Waals surface area contributed by atoms with E-state index in [1.165, 1.54) is 7.11 Å². The zero-order chi connectivity index (χ0) is 18.2. The molecule has 142 valence electrons. The summed E-state index contributed by atoms with van der Waals surface area (Å²) in [6, 6.07) is -0.323. The van der Waals surface area contributed by atoms with E-state index in [1.807, 2.05) is 13.8 Å². The molecule has 0 aromatic carbocycles. The van der Waals surface area contributed by atoms with Gasteiger partial charge in [-0.2, -0.15) is 0 Å². The summed E-state index contributed by atoms with van der Waals surface area (Å²) >= 11 is 0. The Morgan fingerprint density at radius 2 is 2.28 bits per heavy atom. The molecule has 3 aliphatic rings. The summed E-state index contributed by atoms with van der Waals surface area (Å²) in [7, 11) is 1.50. The lowest BCUT2D eigenvalue weighted by molar-refractivity contribution is -0.215. The van der Waals surface area contributed by atoms with Gasteiger partial charge in [0.2, 0.25) is 5.90 Å². The third-order valence-electron chi connectivity index (χ3n) is 5.57. The predicted molar refractivity (Wildman–Crippen MR) is 89.2 cm³/mol. The molecule has 3 heterocycles. The standard InChI is InChI=1S/C16H28N4O5/c1-4-8-19-14(22)18-12-16(19,13(24-3)17-10-20(12)23)15(11(21)5-2)7-6-9-25-15/h11-12,21,23H,4-10H2,1-3H3,(H,18,22)/t11-,12?,15?,16?/m0/s1. The molecule has 4 atom stereocenters. The van der Waals surface area contributed by atoms with Crippen LogP contribution in [0, 0.1) is 0 Å². The lowest BCUT2D eigenvalue weighted by atomic mass is 9.69. The van der Waals surface area contributed by atoms with Crippen molar-refractivity contribution in [3.63, 3.8) is 0 Å². The maximum Gasteiger partial charge on any atom is 0.319 e. The fourth-order valence-corrected chi connectivity index (χ4v) is 4.64. The first-order valence-electron chi connectivity index (χ1n) is 8.94. The van der Waals surface area contributed by atoms with Crippen LogP contribution in [0.15, 0.2) is 4.99 Å². The lowest BCUT2D eigenvalue weighted by Crippen LogP contribution is -2.78. The average Bonchev–Trinajstić information content (AvgIpc) is 3.21. The van der Waals surface area contributed by atoms with Crippen molar-refractivity contribution in [1.82, 2.24) is 15.3 Å². The second-order valence-corrected chi connectivity index (χ2v) is 6.78. The summed E-state index contributed by atoms with van der Waals surface area (Å²) in [5.41, 5.74) is -2.33. The number of hydrogen-bond donors (Lipinski definition) is 3. The number of hydroxylamine groups is 2. The molecule has 0 radical (unpaired) electrons. The molecule has 2 saturated heterocycles. The van der Waals surface area contributed by atoms with Crippen molar-refractivity contribution in [3.05, 3.63) is 0 Å². The third kappa shape index (κ3) is 2.29. The topological polar surface area (TPSA) is 107 Å². The van der Waals surface area contributed by atoms with Crippen molar-refractivity contribution in [1.29, 1.82) is 0 Å². The molecule has 0 bridgehead atoms. The van der Waals surface area contributed by atoms with E-state index >= 15 is 0 Å². The van der Waals surface area contributed by atoms with Crippen LogP contribution in [0.5, 0.6) is 0 Å². The molecule has 0 aromatic heterocycles. The second kappa shape index (κ2) is 6.71. The molecule has 3 N–H and O–H groups in total. The fourth-order valence-electron chi connectivity index (χ4n) is 4.64. The zero-order valence-corrected chi connectivity index (χ0v) is 15.1. The maximum atomic E-state index is 12.8. The summed E-state index contributed by atoms with van der Waals surface area (Å²) < 4.78 is 11.8. The molecule has 25 heavy (non-hydrogen) atoms. The Labute approximate surface area is 147 Å². The van der Waals surface area contributed by atoms with Crippen molar-refractivity contribution >= 4 is 11.9 Å². The van der Waals surface area contributed by atoms with Gasteiger partial charge in [-0.1, -0.05) is 13.8 Å². The summed E-state index contributed by atoms with van der Waals surface area (Å²) in [5, 5.41) is 25.3. The van der Waals surface area contributed by atoms with Crippen molar-refractivity contribution in [3.8, 4) is 0 Å². The van der Waals surface area contributed by atoms with Gasteiger partial charge < -0.3 is 30.0 Å². The van der Waals surface area contributed by atoms with E-state index in [4.69, 9.17) is 9.47 Å². The van der Waals surface area contributed by atoms with E-state index in [0.29, 0.717) is 38.3 Å². The van der Waals surface area contributed by atoms with E-state index in [0.717, 1.165) is 11.5 Å². The largest absolute Gasteiger partial charge is 0.482 e. The highest BCUT2D eigenvalue weighted by molar-refractivity contribution is 5.97. The molecule has 3 unspecified atom stereocenters. The monoisotopic (exact) mass is 356 g/mol. The number of rotatable bonds is 5. The Morgan fingerprint density at radius 3 is 2.84 bits per heavy atom. The van der Waals surface area contributed by atoms with Gasteiger partial charge in [-0.25, -0.2) is 9.79 Å². The number of carbonyl (C=O) groups is 1. The quantitative estimate of drug-likeness (QED) is 0.663. The summed E-state index contributed by atoms with van der Waals surface area (Å²) in [5.74, 6) is 0.309. The average molecular weight is 356 g/mol. The number of aliphatic hydroxyl groups excluding tert-OH is 1. The number of methoxy groups -OCH3 is 1. The second-order valence-electron chi connectivity index (χ2n) is 6.78. The smallest absolute Gasteiger partial charge is 0.319 e. The van der Waals surface area contributed by atoms with Crippen LogP contribution >= 0.6 is 0 Å². The van der Waals surface area contributed by atoms with Crippen molar-refractivity contribution in [2.45, 2.75) is 62.9 Å². The van der Waals surface area contributed by atoms with Gasteiger partial charge in [0.25, 0.3) is 0 Å². The first kappa shape index (κ1) is 18.4. The van der Waals surface area contributed by atoms with Crippen LogP contribution in [0.1, 0.15) is 39.5 Å². The molecule has 0 aliphatic carbocycles. The third-order valence-corrected chi connectivity index (χ3v) is 5.57. The number of ether oxygens (including phenoxy) is 2. The van der Waals surface area contributed by atoms with Crippen LogP contribution in [0.4, 0.5) is 4.79 Å². The lowest BCUT2D eigenvalue weighted by Gasteiger charge is -2.55. The highest BCUT2D eigenvalue weighted by Gasteiger charge is 2.74. The van der Waals surface area contributed by atoms with Crippen LogP contribution in [0.2, 0.25) is 0 Å². The van der Waals surface area contributed by atoms with Gasteiger partial charge in [0, 0.05) is 13.2 Å². The Bertz CT molecular complexity index is 551. The fraction of sp³-hybridized carbons (Fsp3) is 0.875. The molecule has 0 aromatic rings. The van der Waals surface area contributed by atoms with Crippen molar-refractivity contribution in [2.24, 2.45) is 4.99 Å². The van der Waals surface area contributed by atoms with Gasteiger partial charge in [-0.3, -0.25) is 0 Å². The van der Waals surface area contributed by atoms with Gasteiger partial charge in [-0.05, 0) is 25.7 Å². The summed E-state index contributed by atoms with van der Waals surface area (Å²) in [6.45, 7) is 4.73. The molecule has 0 saturated carbocycles. The SMILES string of the molecule is CCCN1C(=O)NC2N(O)CN=C(OC)C21C1([C@@H](O)CC)CCCO1. The minimum Gasteiger partial charge on any atom is -0.482 e. The molecule has 9 heteroatoms. The Hall–Kier alpha value is -1.42. The molecule has 9 nitrogen and oxygen atoms in total. The predicted octanol–water partition coefficient (Wildman–Crippen LogP) is 0.514. The zero-order valence-electron chi connectivity index (χ0n) is 15.1. The maximum absolute atomic E-state index is 12.8. The number of urea groups is 1. The Morgan fingerprint density at radius 1 is 1.52 bits per heavy atom. The van der Waals surface area contributed by atoms with E-state index < -0.39 is 23.4 Å². The molecule has 3 aliphatic heterocycles.